The van der Waals surface area contributed by atoms with Gasteiger partial charge in [0.2, 0.25) is 0 Å². The van der Waals surface area contributed by atoms with E-state index in [-0.39, 0.29) is 6.61 Å². The number of nitrogens with zero attached hydrogens (tertiary/aromatic N) is 2. The van der Waals surface area contributed by atoms with Crippen LogP contribution in [0.3, 0.4) is 0 Å². The molecule has 1 aromatic heterocycles. The van der Waals surface area contributed by atoms with Crippen LogP contribution in [0.4, 0.5) is 4.79 Å². The molecule has 0 aliphatic heterocycles. The fourth-order valence-corrected chi connectivity index (χ4v) is 1.28. The predicted octanol–water partition coefficient (Wildman–Crippen LogP) is 0.525. The number of hydrogen-bond donors (Lipinski definition) is 1. The molecule has 0 aliphatic rings. The Morgan fingerprint density at radius 1 is 1.47 bits per heavy atom. The van der Waals surface area contributed by atoms with Gasteiger partial charge in [0.25, 0.3) is 0 Å². The third-order valence-corrected chi connectivity index (χ3v) is 2.12. The Hall–Kier alpha value is -1.95. The molecule has 0 saturated carbocycles. The van der Waals surface area contributed by atoms with Crippen molar-refractivity contribution in [2.45, 2.75) is 12.8 Å². The summed E-state index contributed by atoms with van der Waals surface area (Å²) in [7, 11) is 0. The fraction of sp³-hybridized carbons (Fsp3) is 0.364. The molecule has 0 spiro atoms. The van der Waals surface area contributed by atoms with Crippen molar-refractivity contribution in [3.8, 4) is 0 Å². The van der Waals surface area contributed by atoms with Crippen LogP contribution in [0.15, 0.2) is 24.5 Å². The molecule has 0 radical (unpaired) electrons. The van der Waals surface area contributed by atoms with Gasteiger partial charge in [0.05, 0.1) is 0 Å². The number of aryl methyl sites for hydroxylation is 1. The topological polar surface area (TPSA) is 85.5 Å². The van der Waals surface area contributed by atoms with Crippen molar-refractivity contribution in [2.75, 3.05) is 13.2 Å². The van der Waals surface area contributed by atoms with Crippen molar-refractivity contribution < 1.29 is 14.3 Å². The number of carbonyl (C=O) groups is 2. The normalized spacial score (nSPS) is 9.71. The van der Waals surface area contributed by atoms with Crippen LogP contribution in [-0.2, 0) is 16.0 Å². The average molecular weight is 237 g/mol. The molecule has 1 rings (SSSR count). The van der Waals surface area contributed by atoms with Gasteiger partial charge in [0.15, 0.2) is 6.29 Å². The first-order chi connectivity index (χ1) is 8.24. The van der Waals surface area contributed by atoms with Crippen molar-refractivity contribution in [1.82, 2.24) is 9.99 Å². The molecule has 0 aromatic carbocycles. The molecule has 17 heavy (non-hydrogen) atoms. The molecule has 1 aromatic rings. The van der Waals surface area contributed by atoms with Gasteiger partial charge in [0, 0.05) is 18.9 Å². The predicted molar refractivity (Wildman–Crippen MR) is 60.9 cm³/mol. The smallest absolute Gasteiger partial charge is 0.424 e. The fourth-order valence-electron chi connectivity index (χ4n) is 1.28. The summed E-state index contributed by atoms with van der Waals surface area (Å²) in [6, 6.07) is 3.82. The number of carbonyl (C=O) groups excluding carboxylic acids is 2. The highest BCUT2D eigenvalue weighted by Crippen LogP contribution is 2.01. The lowest BCUT2D eigenvalue weighted by Gasteiger charge is -2.15. The van der Waals surface area contributed by atoms with Crippen LogP contribution in [0.1, 0.15) is 12.0 Å². The minimum atomic E-state index is -0.688. The van der Waals surface area contributed by atoms with Crippen molar-refractivity contribution in [1.29, 1.82) is 0 Å². The summed E-state index contributed by atoms with van der Waals surface area (Å²) >= 11 is 0. The highest BCUT2D eigenvalue weighted by atomic mass is 16.6. The number of ether oxygens (including phenoxy) is 1. The van der Waals surface area contributed by atoms with E-state index in [0.29, 0.717) is 12.8 Å². The number of amides is 1. The van der Waals surface area contributed by atoms with Gasteiger partial charge in [0.1, 0.15) is 6.61 Å². The third-order valence-electron chi connectivity index (χ3n) is 2.12. The van der Waals surface area contributed by atoms with Crippen LogP contribution in [0.25, 0.3) is 0 Å². The van der Waals surface area contributed by atoms with Gasteiger partial charge in [-0.1, -0.05) is 0 Å². The van der Waals surface area contributed by atoms with Crippen LogP contribution >= 0.6 is 0 Å². The summed E-state index contributed by atoms with van der Waals surface area (Å²) in [6.07, 6.45) is 4.77. The van der Waals surface area contributed by atoms with E-state index in [1.165, 1.54) is 0 Å². The molecular weight excluding hydrogens is 222 g/mol. The van der Waals surface area contributed by atoms with E-state index in [1.807, 2.05) is 12.1 Å². The lowest BCUT2D eigenvalue weighted by Crippen LogP contribution is -2.39. The van der Waals surface area contributed by atoms with E-state index in [2.05, 4.69) is 9.72 Å². The minimum absolute atomic E-state index is 0.267. The largest absolute Gasteiger partial charge is 0.441 e. The van der Waals surface area contributed by atoms with E-state index in [9.17, 15) is 9.59 Å². The molecule has 0 atom stereocenters. The molecule has 6 heteroatoms. The Kier molecular flexibility index (Phi) is 5.67. The molecular formula is C11H15N3O3. The number of pyridine rings is 1. The number of hydrazine groups is 1. The lowest BCUT2D eigenvalue weighted by atomic mass is 10.1. The Bertz CT molecular complexity index is 356. The minimum Gasteiger partial charge on any atom is -0.441 e. The van der Waals surface area contributed by atoms with Gasteiger partial charge in [-0.15, -0.1) is 0 Å². The zero-order valence-corrected chi connectivity index (χ0v) is 9.41. The second kappa shape index (κ2) is 7.34. The summed E-state index contributed by atoms with van der Waals surface area (Å²) < 4.78 is 4.54. The quantitative estimate of drug-likeness (QED) is 0.337. The lowest BCUT2D eigenvalue weighted by molar-refractivity contribution is -0.110. The monoisotopic (exact) mass is 237 g/mol. The maximum absolute atomic E-state index is 11.2. The first kappa shape index (κ1) is 13.1. The average Bonchev–Trinajstić information content (AvgIpc) is 2.37. The molecule has 92 valence electrons. The summed E-state index contributed by atoms with van der Waals surface area (Å²) in [5.74, 6) is 5.45. The molecule has 0 unspecified atom stereocenters. The number of aldehydes is 1. The van der Waals surface area contributed by atoms with E-state index in [1.54, 1.807) is 12.4 Å². The van der Waals surface area contributed by atoms with Crippen LogP contribution in [0.2, 0.25) is 0 Å². The van der Waals surface area contributed by atoms with Crippen molar-refractivity contribution in [2.24, 2.45) is 5.84 Å². The number of aromatic nitrogens is 1. The summed E-state index contributed by atoms with van der Waals surface area (Å²) in [5, 5.41) is 0.963. The SMILES string of the molecule is NN(CCCc1ccncc1)C(=O)OCC=O. The molecule has 1 amide bonds. The number of nitrogens with two attached hydrogens (primary N) is 1. The summed E-state index contributed by atoms with van der Waals surface area (Å²) in [6.45, 7) is 0.108. The van der Waals surface area contributed by atoms with Gasteiger partial charge in [-0.2, -0.15) is 0 Å². The third kappa shape index (κ3) is 5.07. The highest BCUT2D eigenvalue weighted by molar-refractivity contribution is 5.68. The molecule has 1 heterocycles. The van der Waals surface area contributed by atoms with Gasteiger partial charge >= 0.3 is 6.09 Å². The maximum atomic E-state index is 11.2. The van der Waals surface area contributed by atoms with Gasteiger partial charge in [-0.05, 0) is 30.5 Å². The van der Waals surface area contributed by atoms with Gasteiger partial charge in [-0.25, -0.2) is 15.6 Å². The molecule has 0 saturated heterocycles. The Morgan fingerprint density at radius 2 is 2.18 bits per heavy atom. The van der Waals surface area contributed by atoms with E-state index in [0.717, 1.165) is 23.4 Å². The Morgan fingerprint density at radius 3 is 2.82 bits per heavy atom. The molecule has 0 aliphatic carbocycles. The molecule has 6 nitrogen and oxygen atoms in total. The summed E-state index contributed by atoms with van der Waals surface area (Å²) in [4.78, 5) is 25.1. The molecule has 0 bridgehead atoms. The number of rotatable bonds is 6. The van der Waals surface area contributed by atoms with E-state index >= 15 is 0 Å². The second-order valence-corrected chi connectivity index (χ2v) is 3.40. The zero-order chi connectivity index (χ0) is 12.5. The Labute approximate surface area is 99.3 Å². The maximum Gasteiger partial charge on any atom is 0.424 e. The van der Waals surface area contributed by atoms with Crippen LogP contribution in [-0.4, -0.2) is 35.5 Å². The number of hydrogen-bond acceptors (Lipinski definition) is 5. The van der Waals surface area contributed by atoms with Crippen molar-refractivity contribution in [3.63, 3.8) is 0 Å². The highest BCUT2D eigenvalue weighted by Gasteiger charge is 2.09. The first-order valence-electron chi connectivity index (χ1n) is 5.25. The molecule has 2 N–H and O–H groups in total. The van der Waals surface area contributed by atoms with Crippen LogP contribution in [0.5, 0.6) is 0 Å². The van der Waals surface area contributed by atoms with Crippen molar-refractivity contribution >= 4 is 12.4 Å². The Balaban J connectivity index is 2.22. The standard InChI is InChI=1S/C11H15N3O3/c12-14(11(16)17-9-8-15)7-1-2-10-3-5-13-6-4-10/h3-6,8H,1-2,7,9,12H2. The van der Waals surface area contributed by atoms with Crippen LogP contribution in [0, 0.1) is 0 Å². The van der Waals surface area contributed by atoms with E-state index in [4.69, 9.17) is 5.84 Å². The van der Waals surface area contributed by atoms with Gasteiger partial charge in [-0.3, -0.25) is 9.78 Å². The second-order valence-electron chi connectivity index (χ2n) is 3.40. The van der Waals surface area contributed by atoms with Gasteiger partial charge < -0.3 is 4.74 Å². The van der Waals surface area contributed by atoms with Crippen LogP contribution < -0.4 is 5.84 Å². The summed E-state index contributed by atoms with van der Waals surface area (Å²) in [5.41, 5.74) is 1.13. The molecule has 0 fully saturated rings. The van der Waals surface area contributed by atoms with E-state index < -0.39 is 6.09 Å². The first-order valence-corrected chi connectivity index (χ1v) is 5.25. The zero-order valence-electron chi connectivity index (χ0n) is 9.41. The van der Waals surface area contributed by atoms with Crippen molar-refractivity contribution in [3.05, 3.63) is 30.1 Å².